The van der Waals surface area contributed by atoms with Crippen LogP contribution < -0.4 is 5.32 Å². The number of halogens is 1. The van der Waals surface area contributed by atoms with Crippen molar-refractivity contribution in [2.45, 2.75) is 81.4 Å². The number of nitrogens with one attached hydrogen (secondary N) is 1. The summed E-state index contributed by atoms with van der Waals surface area (Å²) in [7, 11) is 1.36. The molecular weight excluding hydrogens is 602 g/mol. The highest BCUT2D eigenvalue weighted by atomic mass is 35.5. The highest BCUT2D eigenvalue weighted by Gasteiger charge is 2.53. The van der Waals surface area contributed by atoms with Crippen LogP contribution in [0.15, 0.2) is 48.5 Å². The fraction of sp³-hybridized carbons (Fsp3) is 0.533. The number of fused-ring (bicyclic) bond motifs is 1. The largest absolute Gasteiger partial charge is 0.459 e. The highest BCUT2D eigenvalue weighted by Crippen LogP contribution is 2.39. The lowest BCUT2D eigenvalue weighted by Crippen LogP contribution is -2.65. The summed E-state index contributed by atoms with van der Waals surface area (Å²) in [6.45, 7) is 2.75. The molecule has 4 N–H and O–H groups in total. The van der Waals surface area contributed by atoms with E-state index in [2.05, 4.69) is 5.32 Å². The van der Waals surface area contributed by atoms with Crippen LogP contribution in [0.5, 0.6) is 0 Å². The number of carbonyl (C=O) groups excluding carboxylic acids is 2. The third kappa shape index (κ3) is 7.07. The number of hydrogen-bond donors (Lipinski definition) is 4. The molecule has 44 heavy (non-hydrogen) atoms. The maximum Gasteiger partial charge on any atom is 0.338 e. The first-order valence-electron chi connectivity index (χ1n) is 14.2. The average Bonchev–Trinajstić information content (AvgIpc) is 3.01. The summed E-state index contributed by atoms with van der Waals surface area (Å²) in [5, 5.41) is 36.1. The van der Waals surface area contributed by atoms with Gasteiger partial charge in [0.15, 0.2) is 12.6 Å². The Morgan fingerprint density at radius 3 is 2.45 bits per heavy atom. The zero-order valence-electron chi connectivity index (χ0n) is 24.3. The molecule has 2 aromatic rings. The Morgan fingerprint density at radius 2 is 1.75 bits per heavy atom. The third-order valence-corrected chi connectivity index (χ3v) is 8.05. The lowest BCUT2D eigenvalue weighted by atomic mass is 9.90. The van der Waals surface area contributed by atoms with E-state index in [0.29, 0.717) is 16.8 Å². The molecule has 0 saturated carbocycles. The van der Waals surface area contributed by atoms with Crippen molar-refractivity contribution in [1.29, 1.82) is 0 Å². The Hall–Kier alpha value is -2.69. The number of carbonyl (C=O) groups is 2. The van der Waals surface area contributed by atoms with Crippen LogP contribution in [0.3, 0.4) is 0 Å². The van der Waals surface area contributed by atoms with Gasteiger partial charge in [-0.2, -0.15) is 0 Å². The SMILES string of the molecule is CO[C@H]1[C@H](O)[C@@H](c2ccc(Cl)c(NC(C)=O)c2)O[C@@H](COC(=O)c2ccccc2)[C@@H]1O[C@H]1O[C@@H]2COC(C)O[C@H]2[C@H](O)[C@H]1O. The second kappa shape index (κ2) is 14.2. The summed E-state index contributed by atoms with van der Waals surface area (Å²) in [4.78, 5) is 24.6. The van der Waals surface area contributed by atoms with E-state index >= 15 is 0 Å². The number of esters is 1. The smallest absolute Gasteiger partial charge is 0.338 e. The third-order valence-electron chi connectivity index (χ3n) is 7.72. The molecule has 11 atom stereocenters. The predicted molar refractivity (Wildman–Crippen MR) is 153 cm³/mol. The lowest BCUT2D eigenvalue weighted by Gasteiger charge is -2.49. The molecule has 1 unspecified atom stereocenters. The van der Waals surface area contributed by atoms with Crippen LogP contribution >= 0.6 is 11.6 Å². The van der Waals surface area contributed by atoms with Gasteiger partial charge in [0.25, 0.3) is 0 Å². The van der Waals surface area contributed by atoms with E-state index in [4.69, 9.17) is 44.8 Å². The quantitative estimate of drug-likeness (QED) is 0.308. The van der Waals surface area contributed by atoms with Gasteiger partial charge in [-0.1, -0.05) is 35.9 Å². The molecule has 3 fully saturated rings. The first-order valence-corrected chi connectivity index (χ1v) is 14.5. The minimum atomic E-state index is -1.54. The number of aliphatic hydroxyl groups is 3. The Kier molecular flexibility index (Phi) is 10.5. The molecule has 1 amide bonds. The molecule has 240 valence electrons. The molecule has 14 heteroatoms. The number of rotatable bonds is 8. The van der Waals surface area contributed by atoms with E-state index in [1.54, 1.807) is 55.5 Å². The van der Waals surface area contributed by atoms with Crippen molar-refractivity contribution in [3.05, 3.63) is 64.7 Å². The minimum absolute atomic E-state index is 0.0837. The van der Waals surface area contributed by atoms with Crippen molar-refractivity contribution in [3.63, 3.8) is 0 Å². The van der Waals surface area contributed by atoms with Crippen molar-refractivity contribution in [1.82, 2.24) is 0 Å². The van der Waals surface area contributed by atoms with Gasteiger partial charge in [0.05, 0.1) is 22.9 Å². The van der Waals surface area contributed by atoms with E-state index in [9.17, 15) is 24.9 Å². The van der Waals surface area contributed by atoms with Gasteiger partial charge in [-0.15, -0.1) is 0 Å². The topological polar surface area (TPSA) is 171 Å². The van der Waals surface area contributed by atoms with Gasteiger partial charge in [-0.25, -0.2) is 4.79 Å². The fourth-order valence-corrected chi connectivity index (χ4v) is 5.72. The summed E-state index contributed by atoms with van der Waals surface area (Å²) in [6.07, 6.45) is -12.2. The van der Waals surface area contributed by atoms with E-state index in [1.807, 2.05) is 0 Å². The van der Waals surface area contributed by atoms with Gasteiger partial charge >= 0.3 is 5.97 Å². The van der Waals surface area contributed by atoms with Crippen LogP contribution in [0, 0.1) is 0 Å². The molecule has 0 spiro atoms. The van der Waals surface area contributed by atoms with Crippen LogP contribution in [0.25, 0.3) is 0 Å². The Bertz CT molecular complexity index is 1300. The maximum atomic E-state index is 12.8. The molecule has 0 aliphatic carbocycles. The summed E-state index contributed by atoms with van der Waals surface area (Å²) < 4.78 is 40.8. The molecule has 0 bridgehead atoms. The highest BCUT2D eigenvalue weighted by molar-refractivity contribution is 6.33. The molecule has 3 aliphatic rings. The minimum Gasteiger partial charge on any atom is -0.459 e. The van der Waals surface area contributed by atoms with Gasteiger partial charge in [0.2, 0.25) is 5.91 Å². The first-order chi connectivity index (χ1) is 21.1. The average molecular weight is 638 g/mol. The number of amides is 1. The molecule has 2 aromatic carbocycles. The lowest BCUT2D eigenvalue weighted by molar-refractivity contribution is -0.376. The molecule has 0 aromatic heterocycles. The Labute approximate surface area is 258 Å². The van der Waals surface area contributed by atoms with Crippen LogP contribution in [0.4, 0.5) is 5.69 Å². The van der Waals surface area contributed by atoms with E-state index in [0.717, 1.165) is 0 Å². The van der Waals surface area contributed by atoms with Gasteiger partial charge in [0, 0.05) is 14.0 Å². The number of methoxy groups -OCH3 is 1. The summed E-state index contributed by atoms with van der Waals surface area (Å²) in [5.74, 6) is -0.969. The zero-order valence-corrected chi connectivity index (χ0v) is 25.0. The second-order valence-corrected chi connectivity index (χ2v) is 11.2. The van der Waals surface area contributed by atoms with Crippen LogP contribution in [0.2, 0.25) is 5.02 Å². The fourth-order valence-electron chi connectivity index (χ4n) is 5.56. The van der Waals surface area contributed by atoms with E-state index in [-0.39, 0.29) is 24.1 Å². The molecular formula is C30H36ClNO12. The first kappa shape index (κ1) is 32.7. The monoisotopic (exact) mass is 637 g/mol. The van der Waals surface area contributed by atoms with Gasteiger partial charge in [-0.3, -0.25) is 4.79 Å². The Balaban J connectivity index is 1.42. The van der Waals surface area contributed by atoms with Crippen molar-refractivity contribution in [3.8, 4) is 0 Å². The molecule has 13 nitrogen and oxygen atoms in total. The van der Waals surface area contributed by atoms with Crippen molar-refractivity contribution < 1.29 is 58.1 Å². The normalized spacial score (nSPS) is 35.4. The van der Waals surface area contributed by atoms with E-state index in [1.165, 1.54) is 14.0 Å². The predicted octanol–water partition coefficient (Wildman–Crippen LogP) is 1.56. The summed E-state index contributed by atoms with van der Waals surface area (Å²) in [5.41, 5.74) is 1.06. The molecule has 0 radical (unpaired) electrons. The number of aliphatic hydroxyl groups excluding tert-OH is 3. The molecule has 3 heterocycles. The zero-order chi connectivity index (χ0) is 31.5. The number of ether oxygens (including phenoxy) is 7. The summed E-state index contributed by atoms with van der Waals surface area (Å²) >= 11 is 6.26. The standard InChI is InChI=1S/C30H36ClNO12/c1-14(33)32-19-11-17(9-10-18(19)31)25-24(36)28(38-3)27(21(42-25)13-40-29(37)16-7-5-4-6-8-16)44-30-23(35)22(34)26-20(43-30)12-39-15(2)41-26/h4-11,15,20-28,30,34-36H,12-13H2,1-3H3,(H,32,33)/t15?,20-,21+,22-,23-,24-,25-,26-,27+,28+,30-/m1/s1. The van der Waals surface area contributed by atoms with Crippen LogP contribution in [-0.4, -0.2) is 109 Å². The molecule has 5 rings (SSSR count). The van der Waals surface area contributed by atoms with Gasteiger partial charge < -0.3 is 53.8 Å². The Morgan fingerprint density at radius 1 is 1.00 bits per heavy atom. The second-order valence-electron chi connectivity index (χ2n) is 10.8. The maximum absolute atomic E-state index is 12.8. The number of benzene rings is 2. The molecule has 3 saturated heterocycles. The van der Waals surface area contributed by atoms with Crippen molar-refractivity contribution in [2.24, 2.45) is 0 Å². The number of hydrogen-bond acceptors (Lipinski definition) is 12. The van der Waals surface area contributed by atoms with Crippen molar-refractivity contribution >= 4 is 29.2 Å². The van der Waals surface area contributed by atoms with Crippen LogP contribution in [0.1, 0.15) is 35.9 Å². The van der Waals surface area contributed by atoms with Gasteiger partial charge in [0.1, 0.15) is 61.5 Å². The number of anilines is 1. The molecule has 3 aliphatic heterocycles. The van der Waals surface area contributed by atoms with E-state index < -0.39 is 73.5 Å². The van der Waals surface area contributed by atoms with Crippen molar-refractivity contribution in [2.75, 3.05) is 25.6 Å². The summed E-state index contributed by atoms with van der Waals surface area (Å²) in [6, 6.07) is 13.1. The van der Waals surface area contributed by atoms with Crippen LogP contribution in [-0.2, 0) is 38.0 Å². The van der Waals surface area contributed by atoms with Gasteiger partial charge in [-0.05, 0) is 36.8 Å².